The Morgan fingerprint density at radius 2 is 2.00 bits per heavy atom. The summed E-state index contributed by atoms with van der Waals surface area (Å²) in [5.74, 6) is -2.94. The summed E-state index contributed by atoms with van der Waals surface area (Å²) in [6.45, 7) is 1.59. The van der Waals surface area contributed by atoms with E-state index in [1.807, 2.05) is 0 Å². The fraction of sp³-hybridized carbons (Fsp3) is 0.250. The third-order valence-corrected chi connectivity index (χ3v) is 2.07. The Morgan fingerprint density at radius 1 is 1.33 bits per heavy atom. The Morgan fingerprint density at radius 3 is 2.50 bits per heavy atom. The summed E-state index contributed by atoms with van der Waals surface area (Å²) in [7, 11) is 0. The summed E-state index contributed by atoms with van der Waals surface area (Å²) >= 11 is 0.348. The lowest BCUT2D eigenvalue weighted by atomic mass is 10.2. The molecule has 0 atom stereocenters. The van der Waals surface area contributed by atoms with Gasteiger partial charge in [-0.3, -0.25) is 0 Å². The van der Waals surface area contributed by atoms with Crippen LogP contribution in [0, 0.1) is 12.7 Å². The van der Waals surface area contributed by atoms with Crippen LogP contribution in [0.15, 0.2) is 23.1 Å². The van der Waals surface area contributed by atoms with Gasteiger partial charge in [0, 0.05) is 4.90 Å². The van der Waals surface area contributed by atoms with Crippen molar-refractivity contribution in [3.8, 4) is 0 Å². The monoisotopic (exact) mass is 192 g/mol. The Kier molecular flexibility index (Phi) is 3.03. The molecule has 12 heavy (non-hydrogen) atoms. The quantitative estimate of drug-likeness (QED) is 0.647. The van der Waals surface area contributed by atoms with E-state index in [4.69, 9.17) is 0 Å². The molecule has 0 fully saturated rings. The summed E-state index contributed by atoms with van der Waals surface area (Å²) in [6.07, 6.45) is 0. The molecule has 1 rings (SSSR count). The van der Waals surface area contributed by atoms with Crippen molar-refractivity contribution < 1.29 is 13.2 Å². The van der Waals surface area contributed by atoms with Gasteiger partial charge >= 0.3 is 0 Å². The van der Waals surface area contributed by atoms with E-state index in [1.54, 1.807) is 6.92 Å². The maximum atomic E-state index is 12.8. The first kappa shape index (κ1) is 9.45. The maximum absolute atomic E-state index is 12.8. The van der Waals surface area contributed by atoms with E-state index in [9.17, 15) is 13.2 Å². The van der Waals surface area contributed by atoms with E-state index in [0.29, 0.717) is 17.3 Å². The predicted octanol–water partition coefficient (Wildman–Crippen LogP) is 3.45. The average Bonchev–Trinajstić information content (AvgIpc) is 1.96. The van der Waals surface area contributed by atoms with Gasteiger partial charge in [-0.2, -0.15) is 8.78 Å². The third kappa shape index (κ3) is 2.44. The van der Waals surface area contributed by atoms with Crippen LogP contribution in [0.3, 0.4) is 0 Å². The molecule has 0 saturated heterocycles. The van der Waals surface area contributed by atoms with Gasteiger partial charge in [-0.25, -0.2) is 4.39 Å². The summed E-state index contributed by atoms with van der Waals surface area (Å²) in [5, 5.41) is 0. The molecule has 0 unspecified atom stereocenters. The van der Waals surface area contributed by atoms with Gasteiger partial charge in [0.25, 0.3) is 5.76 Å². The predicted molar refractivity (Wildman–Crippen MR) is 43.0 cm³/mol. The van der Waals surface area contributed by atoms with E-state index in [1.165, 1.54) is 12.1 Å². The smallest absolute Gasteiger partial charge is 0.207 e. The highest BCUT2D eigenvalue weighted by Gasteiger charge is 2.06. The number of thioether (sulfide) groups is 1. The maximum Gasteiger partial charge on any atom is 0.288 e. The minimum atomic E-state index is -2.49. The molecule has 66 valence electrons. The van der Waals surface area contributed by atoms with Crippen molar-refractivity contribution in [2.75, 3.05) is 0 Å². The summed E-state index contributed by atoms with van der Waals surface area (Å²) in [4.78, 5) is 0.258. The Labute approximate surface area is 72.8 Å². The van der Waals surface area contributed by atoms with Crippen molar-refractivity contribution in [2.45, 2.75) is 17.6 Å². The minimum absolute atomic E-state index is 0.258. The van der Waals surface area contributed by atoms with Gasteiger partial charge in [-0.05, 0) is 24.6 Å². The molecule has 0 radical (unpaired) electrons. The van der Waals surface area contributed by atoms with Crippen molar-refractivity contribution in [1.82, 2.24) is 0 Å². The van der Waals surface area contributed by atoms with Crippen molar-refractivity contribution in [1.29, 1.82) is 0 Å². The molecule has 0 saturated carbocycles. The molecular formula is C8H7F3S. The van der Waals surface area contributed by atoms with E-state index < -0.39 is 11.6 Å². The third-order valence-electron chi connectivity index (χ3n) is 1.37. The van der Waals surface area contributed by atoms with E-state index in [2.05, 4.69) is 0 Å². The summed E-state index contributed by atoms with van der Waals surface area (Å²) < 4.78 is 36.4. The molecule has 0 N–H and O–H groups in total. The lowest BCUT2D eigenvalue weighted by Gasteiger charge is -2.01. The molecule has 0 spiro atoms. The fourth-order valence-corrected chi connectivity index (χ4v) is 1.27. The first-order valence-electron chi connectivity index (χ1n) is 3.30. The number of alkyl halides is 2. The van der Waals surface area contributed by atoms with Gasteiger partial charge in [0.2, 0.25) is 0 Å². The van der Waals surface area contributed by atoms with Crippen LogP contribution in [-0.4, -0.2) is 5.76 Å². The van der Waals surface area contributed by atoms with Crippen molar-refractivity contribution in [3.63, 3.8) is 0 Å². The molecule has 0 heterocycles. The molecule has 0 bridgehead atoms. The molecule has 1 aromatic rings. The van der Waals surface area contributed by atoms with Crippen molar-refractivity contribution in [2.24, 2.45) is 0 Å². The van der Waals surface area contributed by atoms with Crippen LogP contribution in [-0.2, 0) is 0 Å². The molecule has 0 aliphatic carbocycles. The van der Waals surface area contributed by atoms with Gasteiger partial charge in [-0.1, -0.05) is 17.8 Å². The standard InChI is InChI=1S/C8H7F3S/c1-5-2-3-6(4-7(5)9)12-8(10)11/h2-4,8H,1H3. The van der Waals surface area contributed by atoms with E-state index in [0.717, 1.165) is 6.07 Å². The van der Waals surface area contributed by atoms with Gasteiger partial charge in [0.15, 0.2) is 0 Å². The van der Waals surface area contributed by atoms with Crippen LogP contribution in [0.1, 0.15) is 5.56 Å². The highest BCUT2D eigenvalue weighted by molar-refractivity contribution is 7.99. The lowest BCUT2D eigenvalue weighted by Crippen LogP contribution is -1.85. The SMILES string of the molecule is Cc1ccc(SC(F)F)cc1F. The summed E-state index contributed by atoms with van der Waals surface area (Å²) in [5.41, 5.74) is 0.466. The minimum Gasteiger partial charge on any atom is -0.207 e. The second-order valence-electron chi connectivity index (χ2n) is 2.29. The zero-order chi connectivity index (χ0) is 9.14. The summed E-state index contributed by atoms with van der Waals surface area (Å²) in [6, 6.07) is 4.08. The Bertz CT molecular complexity index is 273. The van der Waals surface area contributed by atoms with E-state index in [-0.39, 0.29) is 4.90 Å². The van der Waals surface area contributed by atoms with Crippen LogP contribution >= 0.6 is 11.8 Å². The second kappa shape index (κ2) is 3.85. The van der Waals surface area contributed by atoms with Crippen LogP contribution < -0.4 is 0 Å². The molecule has 4 heteroatoms. The van der Waals surface area contributed by atoms with Crippen LogP contribution in [0.4, 0.5) is 13.2 Å². The van der Waals surface area contributed by atoms with E-state index >= 15 is 0 Å². The topological polar surface area (TPSA) is 0 Å². The van der Waals surface area contributed by atoms with Crippen molar-refractivity contribution >= 4 is 11.8 Å². The number of rotatable bonds is 2. The van der Waals surface area contributed by atoms with Crippen LogP contribution in [0.2, 0.25) is 0 Å². The second-order valence-corrected chi connectivity index (χ2v) is 3.35. The van der Waals surface area contributed by atoms with Gasteiger partial charge in [0.1, 0.15) is 5.82 Å². The number of halogens is 3. The average molecular weight is 192 g/mol. The Hall–Kier alpha value is -0.640. The fourth-order valence-electron chi connectivity index (χ4n) is 0.750. The number of hydrogen-bond acceptors (Lipinski definition) is 1. The van der Waals surface area contributed by atoms with Gasteiger partial charge in [-0.15, -0.1) is 0 Å². The Balaban J connectivity index is 2.82. The first-order valence-corrected chi connectivity index (χ1v) is 4.18. The first-order chi connectivity index (χ1) is 5.59. The van der Waals surface area contributed by atoms with Crippen LogP contribution in [0.5, 0.6) is 0 Å². The zero-order valence-corrected chi connectivity index (χ0v) is 7.17. The highest BCUT2D eigenvalue weighted by Crippen LogP contribution is 2.26. The number of aryl methyl sites for hydroxylation is 1. The molecular weight excluding hydrogens is 185 g/mol. The van der Waals surface area contributed by atoms with Crippen LogP contribution in [0.25, 0.3) is 0 Å². The number of benzene rings is 1. The number of hydrogen-bond donors (Lipinski definition) is 0. The highest BCUT2D eigenvalue weighted by atomic mass is 32.2. The van der Waals surface area contributed by atoms with Crippen molar-refractivity contribution in [3.05, 3.63) is 29.6 Å². The largest absolute Gasteiger partial charge is 0.288 e. The molecule has 0 amide bonds. The molecule has 0 nitrogen and oxygen atoms in total. The lowest BCUT2D eigenvalue weighted by molar-refractivity contribution is 0.252. The molecule has 1 aromatic carbocycles. The molecule has 0 aromatic heterocycles. The molecule has 0 aliphatic heterocycles. The van der Waals surface area contributed by atoms with Gasteiger partial charge in [0.05, 0.1) is 0 Å². The normalized spacial score (nSPS) is 10.8. The van der Waals surface area contributed by atoms with Gasteiger partial charge < -0.3 is 0 Å². The zero-order valence-electron chi connectivity index (χ0n) is 6.35. The molecule has 0 aliphatic rings.